The Labute approximate surface area is 245 Å². The molecule has 0 saturated carbocycles. The molecule has 218 valence electrons. The van der Waals surface area contributed by atoms with Crippen molar-refractivity contribution in [1.29, 1.82) is 0 Å². The van der Waals surface area contributed by atoms with E-state index in [0.717, 1.165) is 63.7 Å². The summed E-state index contributed by atoms with van der Waals surface area (Å²) in [5.41, 5.74) is 5.43. The van der Waals surface area contributed by atoms with E-state index in [4.69, 9.17) is 0 Å². The van der Waals surface area contributed by atoms with Crippen LogP contribution >= 0.6 is 0 Å². The minimum atomic E-state index is -4.48. The van der Waals surface area contributed by atoms with Crippen LogP contribution in [0.2, 0.25) is 0 Å². The lowest BCUT2D eigenvalue weighted by atomic mass is 9.96. The fourth-order valence-electron chi connectivity index (χ4n) is 5.90. The molecule has 0 bridgehead atoms. The van der Waals surface area contributed by atoms with E-state index in [1.807, 2.05) is 60.7 Å². The van der Waals surface area contributed by atoms with Gasteiger partial charge in [0.1, 0.15) is 0 Å². The molecule has 0 spiro atoms. The third-order valence-corrected chi connectivity index (χ3v) is 7.85. The van der Waals surface area contributed by atoms with Crippen molar-refractivity contribution in [3.8, 4) is 27.9 Å². The number of para-hydroxylation sites is 1. The minimum Gasteiger partial charge on any atom is -0.309 e. The Hall–Kier alpha value is -4.52. The third-order valence-electron chi connectivity index (χ3n) is 7.85. The van der Waals surface area contributed by atoms with Crippen molar-refractivity contribution < 1.29 is 26.3 Å². The van der Waals surface area contributed by atoms with Crippen LogP contribution < -0.4 is 0 Å². The van der Waals surface area contributed by atoms with E-state index in [-0.39, 0.29) is 0 Å². The van der Waals surface area contributed by atoms with Crippen molar-refractivity contribution in [2.45, 2.75) is 39.5 Å². The Kier molecular flexibility index (Phi) is 6.87. The molecule has 5 aromatic carbocycles. The molecule has 1 heterocycles. The smallest absolute Gasteiger partial charge is 0.309 e. The zero-order valence-electron chi connectivity index (χ0n) is 23.7. The van der Waals surface area contributed by atoms with Gasteiger partial charge in [-0.05, 0) is 114 Å². The topological polar surface area (TPSA) is 4.93 Å². The van der Waals surface area contributed by atoms with Crippen LogP contribution in [0.4, 0.5) is 26.3 Å². The van der Waals surface area contributed by atoms with Crippen LogP contribution in [-0.4, -0.2) is 4.57 Å². The van der Waals surface area contributed by atoms with E-state index in [2.05, 4.69) is 11.5 Å². The molecule has 0 aliphatic carbocycles. The van der Waals surface area contributed by atoms with Gasteiger partial charge < -0.3 is 4.57 Å². The van der Waals surface area contributed by atoms with Gasteiger partial charge in [-0.25, -0.2) is 0 Å². The van der Waals surface area contributed by atoms with Gasteiger partial charge >= 0.3 is 12.4 Å². The fourth-order valence-corrected chi connectivity index (χ4v) is 5.90. The maximum atomic E-state index is 13.6. The number of alkyl halides is 6. The van der Waals surface area contributed by atoms with Gasteiger partial charge in [-0.15, -0.1) is 0 Å². The Bertz CT molecular complexity index is 1890. The lowest BCUT2D eigenvalue weighted by molar-refractivity contribution is -0.138. The molecule has 7 heteroatoms. The maximum absolute atomic E-state index is 13.6. The molecule has 0 fully saturated rings. The standard InChI is InChI=1S/C36H27F6N/c1-4-23-7-5-6-8-32(23)43-33-11-9-24(26-13-21(2)15-28(17-26)35(37,38)39)19-30(33)31-20-25(10-12-34(31)43)27-14-22(3)16-29(18-27)36(40,41)42/h5-20H,4H2,1-3H3. The number of hydrogen-bond donors (Lipinski definition) is 0. The monoisotopic (exact) mass is 587 g/mol. The first-order valence-electron chi connectivity index (χ1n) is 13.9. The van der Waals surface area contributed by atoms with Crippen molar-refractivity contribution in [2.75, 3.05) is 0 Å². The normalized spacial score (nSPS) is 12.4. The highest BCUT2D eigenvalue weighted by Gasteiger charge is 2.32. The summed E-state index contributed by atoms with van der Waals surface area (Å²) in [7, 11) is 0. The van der Waals surface area contributed by atoms with Gasteiger partial charge in [-0.2, -0.15) is 26.3 Å². The van der Waals surface area contributed by atoms with Crippen LogP contribution in [0.5, 0.6) is 0 Å². The maximum Gasteiger partial charge on any atom is 0.416 e. The summed E-state index contributed by atoms with van der Waals surface area (Å²) >= 11 is 0. The highest BCUT2D eigenvalue weighted by molar-refractivity contribution is 6.11. The number of hydrogen-bond acceptors (Lipinski definition) is 0. The van der Waals surface area contributed by atoms with Gasteiger partial charge in [0.15, 0.2) is 0 Å². The van der Waals surface area contributed by atoms with Crippen LogP contribution in [0, 0.1) is 13.8 Å². The molecule has 0 amide bonds. The highest BCUT2D eigenvalue weighted by Crippen LogP contribution is 2.40. The average molecular weight is 588 g/mol. The van der Waals surface area contributed by atoms with Gasteiger partial charge in [-0.1, -0.05) is 49.4 Å². The molecular weight excluding hydrogens is 560 g/mol. The molecule has 6 aromatic rings. The largest absolute Gasteiger partial charge is 0.416 e. The van der Waals surface area contributed by atoms with E-state index in [1.54, 1.807) is 26.0 Å². The van der Waals surface area contributed by atoms with E-state index in [0.29, 0.717) is 33.4 Å². The van der Waals surface area contributed by atoms with Gasteiger partial charge in [-0.3, -0.25) is 0 Å². The summed E-state index contributed by atoms with van der Waals surface area (Å²) in [4.78, 5) is 0. The quantitative estimate of drug-likeness (QED) is 0.181. The van der Waals surface area contributed by atoms with Crippen LogP contribution in [0.1, 0.15) is 34.7 Å². The summed E-state index contributed by atoms with van der Waals surface area (Å²) in [6.45, 7) is 5.33. The summed E-state index contributed by atoms with van der Waals surface area (Å²) < 4.78 is 84.0. The molecule has 0 aliphatic heterocycles. The van der Waals surface area contributed by atoms with Crippen molar-refractivity contribution in [2.24, 2.45) is 0 Å². The zero-order chi connectivity index (χ0) is 30.7. The molecule has 0 N–H and O–H groups in total. The number of aryl methyl sites for hydroxylation is 3. The Morgan fingerprint density at radius 1 is 0.535 bits per heavy atom. The predicted octanol–water partition coefficient (Wildman–Crippen LogP) is 11.3. The molecule has 43 heavy (non-hydrogen) atoms. The van der Waals surface area contributed by atoms with E-state index < -0.39 is 23.5 Å². The first-order chi connectivity index (χ1) is 20.3. The Balaban J connectivity index is 1.64. The summed E-state index contributed by atoms with van der Waals surface area (Å²) in [5.74, 6) is 0. The van der Waals surface area contributed by atoms with Gasteiger partial charge in [0.2, 0.25) is 0 Å². The van der Waals surface area contributed by atoms with Crippen LogP contribution in [0.15, 0.2) is 97.1 Å². The van der Waals surface area contributed by atoms with Gasteiger partial charge in [0.05, 0.1) is 22.2 Å². The summed E-state index contributed by atoms with van der Waals surface area (Å²) in [5, 5.41) is 1.58. The number of halogens is 6. The molecule has 0 aliphatic rings. The molecule has 0 saturated heterocycles. The minimum absolute atomic E-state index is 0.439. The molecular formula is C36H27F6N. The molecule has 6 rings (SSSR count). The second kappa shape index (κ2) is 10.3. The zero-order valence-corrected chi connectivity index (χ0v) is 23.7. The van der Waals surface area contributed by atoms with Gasteiger partial charge in [0, 0.05) is 16.5 Å². The molecule has 1 aromatic heterocycles. The van der Waals surface area contributed by atoms with Crippen LogP contribution in [0.3, 0.4) is 0 Å². The molecule has 0 radical (unpaired) electrons. The van der Waals surface area contributed by atoms with E-state index in [1.165, 1.54) is 0 Å². The van der Waals surface area contributed by atoms with Crippen molar-refractivity contribution in [3.63, 3.8) is 0 Å². The average Bonchev–Trinajstić information content (AvgIpc) is 3.28. The first-order valence-corrected chi connectivity index (χ1v) is 13.9. The van der Waals surface area contributed by atoms with E-state index >= 15 is 0 Å². The molecule has 0 unspecified atom stereocenters. The summed E-state index contributed by atoms with van der Waals surface area (Å²) in [6, 6.07) is 27.2. The lowest BCUT2D eigenvalue weighted by Gasteiger charge is -2.13. The lowest BCUT2D eigenvalue weighted by Crippen LogP contribution is -2.05. The Morgan fingerprint density at radius 3 is 1.44 bits per heavy atom. The predicted molar refractivity (Wildman–Crippen MR) is 161 cm³/mol. The molecule has 0 atom stereocenters. The van der Waals surface area contributed by atoms with Crippen LogP contribution in [0.25, 0.3) is 49.7 Å². The SMILES string of the molecule is CCc1ccccc1-n1c2ccc(-c3cc(C)cc(C(F)(F)F)c3)cc2c2cc(-c3cc(C)cc(C(F)(F)F)c3)ccc21. The first kappa shape index (κ1) is 28.6. The number of nitrogens with zero attached hydrogens (tertiary/aromatic N) is 1. The second-order valence-corrected chi connectivity index (χ2v) is 11.0. The second-order valence-electron chi connectivity index (χ2n) is 11.0. The van der Waals surface area contributed by atoms with Crippen molar-refractivity contribution >= 4 is 21.8 Å². The fraction of sp³-hybridized carbons (Fsp3) is 0.167. The number of aromatic nitrogens is 1. The van der Waals surface area contributed by atoms with Crippen molar-refractivity contribution in [3.05, 3.63) is 125 Å². The summed E-state index contributed by atoms with van der Waals surface area (Å²) in [6.07, 6.45) is -8.19. The van der Waals surface area contributed by atoms with Gasteiger partial charge in [0.25, 0.3) is 0 Å². The highest BCUT2D eigenvalue weighted by atomic mass is 19.4. The number of fused-ring (bicyclic) bond motifs is 3. The number of benzene rings is 5. The van der Waals surface area contributed by atoms with Crippen molar-refractivity contribution in [1.82, 2.24) is 4.57 Å². The Morgan fingerprint density at radius 2 is 1.00 bits per heavy atom. The van der Waals surface area contributed by atoms with E-state index in [9.17, 15) is 26.3 Å². The van der Waals surface area contributed by atoms with Crippen LogP contribution in [-0.2, 0) is 18.8 Å². The molecule has 1 nitrogen and oxygen atoms in total. The number of rotatable bonds is 4. The third kappa shape index (κ3) is 5.29.